The van der Waals surface area contributed by atoms with E-state index in [1.165, 1.54) is 31.2 Å². The number of ether oxygens (including phenoxy) is 1. The zero-order valence-corrected chi connectivity index (χ0v) is 12.8. The van der Waals surface area contributed by atoms with Crippen LogP contribution in [0, 0.1) is 0 Å². The smallest absolute Gasteiger partial charge is 0.0730 e. The van der Waals surface area contributed by atoms with E-state index in [9.17, 15) is 5.11 Å². The van der Waals surface area contributed by atoms with Crippen molar-refractivity contribution in [3.63, 3.8) is 0 Å². The Balaban J connectivity index is 1.50. The van der Waals surface area contributed by atoms with Crippen LogP contribution >= 0.6 is 0 Å². The van der Waals surface area contributed by atoms with E-state index in [0.29, 0.717) is 12.1 Å². The van der Waals surface area contributed by atoms with Gasteiger partial charge in [0, 0.05) is 19.1 Å². The predicted octanol–water partition coefficient (Wildman–Crippen LogP) is 2.62. The molecule has 3 nitrogen and oxygen atoms in total. The minimum atomic E-state index is -0.128. The van der Waals surface area contributed by atoms with Gasteiger partial charge in [0.1, 0.15) is 0 Å². The second-order valence-electron chi connectivity index (χ2n) is 6.43. The summed E-state index contributed by atoms with van der Waals surface area (Å²) in [5, 5.41) is 9.76. The molecule has 116 valence electrons. The van der Waals surface area contributed by atoms with Crippen molar-refractivity contribution in [1.29, 1.82) is 0 Å². The van der Waals surface area contributed by atoms with E-state index in [-0.39, 0.29) is 6.10 Å². The lowest BCUT2D eigenvalue weighted by molar-refractivity contribution is -0.0316. The summed E-state index contributed by atoms with van der Waals surface area (Å²) in [6, 6.07) is 11.1. The standard InChI is InChI=1S/C18H27NO2/c20-16-10-12-19(14-16)17-8-4-5-9-18(17)21-13-11-15-6-2-1-3-7-15/h1-3,6-7,16-18,20H,4-5,8-14H2. The molecular formula is C18H27NO2. The van der Waals surface area contributed by atoms with Gasteiger partial charge in [0.15, 0.2) is 0 Å². The first-order valence-electron chi connectivity index (χ1n) is 8.40. The van der Waals surface area contributed by atoms with Gasteiger partial charge < -0.3 is 9.84 Å². The normalized spacial score (nSPS) is 30.6. The fourth-order valence-corrected chi connectivity index (χ4v) is 3.73. The third-order valence-corrected chi connectivity index (χ3v) is 4.90. The largest absolute Gasteiger partial charge is 0.392 e. The molecule has 0 spiro atoms. The van der Waals surface area contributed by atoms with Crippen molar-refractivity contribution in [2.75, 3.05) is 19.7 Å². The summed E-state index contributed by atoms with van der Waals surface area (Å²) in [4.78, 5) is 2.46. The Morgan fingerprint density at radius 1 is 1.10 bits per heavy atom. The van der Waals surface area contributed by atoms with Crippen molar-refractivity contribution in [2.45, 2.75) is 56.8 Å². The second kappa shape index (κ2) is 7.39. The lowest BCUT2D eigenvalue weighted by Crippen LogP contribution is -2.46. The van der Waals surface area contributed by atoms with E-state index < -0.39 is 0 Å². The molecule has 1 heterocycles. The molecule has 1 N–H and O–H groups in total. The predicted molar refractivity (Wildman–Crippen MR) is 84.3 cm³/mol. The number of hydrogen-bond donors (Lipinski definition) is 1. The quantitative estimate of drug-likeness (QED) is 0.904. The molecule has 1 saturated heterocycles. The average Bonchev–Trinajstić information content (AvgIpc) is 2.95. The Bertz CT molecular complexity index is 422. The van der Waals surface area contributed by atoms with Crippen molar-refractivity contribution in [2.24, 2.45) is 0 Å². The Morgan fingerprint density at radius 3 is 2.67 bits per heavy atom. The van der Waals surface area contributed by atoms with Crippen LogP contribution in [0.25, 0.3) is 0 Å². The highest BCUT2D eigenvalue weighted by Gasteiger charge is 2.34. The van der Waals surface area contributed by atoms with E-state index in [1.54, 1.807) is 0 Å². The fourth-order valence-electron chi connectivity index (χ4n) is 3.73. The van der Waals surface area contributed by atoms with E-state index >= 15 is 0 Å². The number of benzene rings is 1. The monoisotopic (exact) mass is 289 g/mol. The average molecular weight is 289 g/mol. The molecule has 0 radical (unpaired) electrons. The Morgan fingerprint density at radius 2 is 1.90 bits per heavy atom. The van der Waals surface area contributed by atoms with Gasteiger partial charge in [-0.1, -0.05) is 43.2 Å². The molecule has 3 atom stereocenters. The minimum absolute atomic E-state index is 0.128. The molecule has 0 aromatic heterocycles. The molecule has 21 heavy (non-hydrogen) atoms. The number of nitrogens with zero attached hydrogens (tertiary/aromatic N) is 1. The fraction of sp³-hybridized carbons (Fsp3) is 0.667. The van der Waals surface area contributed by atoms with Gasteiger partial charge in [-0.25, -0.2) is 0 Å². The molecular weight excluding hydrogens is 262 g/mol. The van der Waals surface area contributed by atoms with Gasteiger partial charge in [-0.2, -0.15) is 0 Å². The van der Waals surface area contributed by atoms with Crippen LogP contribution in [0.4, 0.5) is 0 Å². The molecule has 1 aliphatic carbocycles. The maximum atomic E-state index is 9.76. The molecule has 2 aliphatic rings. The molecule has 0 amide bonds. The topological polar surface area (TPSA) is 32.7 Å². The van der Waals surface area contributed by atoms with Crippen LogP contribution in [0.15, 0.2) is 30.3 Å². The number of aliphatic hydroxyl groups is 1. The van der Waals surface area contributed by atoms with Crippen LogP contribution in [0.2, 0.25) is 0 Å². The first kappa shape index (κ1) is 15.0. The van der Waals surface area contributed by atoms with Crippen LogP contribution in [0.1, 0.15) is 37.7 Å². The molecule has 3 heteroatoms. The summed E-state index contributed by atoms with van der Waals surface area (Å²) in [6.07, 6.45) is 7.12. The van der Waals surface area contributed by atoms with Gasteiger partial charge in [-0.05, 0) is 31.2 Å². The molecule has 1 aliphatic heterocycles. The van der Waals surface area contributed by atoms with Gasteiger partial charge in [0.2, 0.25) is 0 Å². The third kappa shape index (κ3) is 4.06. The summed E-state index contributed by atoms with van der Waals surface area (Å²) in [5.41, 5.74) is 1.35. The van der Waals surface area contributed by atoms with Crippen LogP contribution < -0.4 is 0 Å². The maximum Gasteiger partial charge on any atom is 0.0730 e. The second-order valence-corrected chi connectivity index (χ2v) is 6.43. The van der Waals surface area contributed by atoms with Crippen molar-refractivity contribution in [3.05, 3.63) is 35.9 Å². The molecule has 1 saturated carbocycles. The lowest BCUT2D eigenvalue weighted by atomic mass is 9.91. The van der Waals surface area contributed by atoms with Gasteiger partial charge in [-0.15, -0.1) is 0 Å². The van der Waals surface area contributed by atoms with Gasteiger partial charge in [0.05, 0.1) is 18.8 Å². The highest BCUT2D eigenvalue weighted by atomic mass is 16.5. The van der Waals surface area contributed by atoms with Crippen LogP contribution in [0.5, 0.6) is 0 Å². The summed E-state index contributed by atoms with van der Waals surface area (Å²) in [6.45, 7) is 2.68. The van der Waals surface area contributed by atoms with Crippen molar-refractivity contribution < 1.29 is 9.84 Å². The minimum Gasteiger partial charge on any atom is -0.392 e. The summed E-state index contributed by atoms with van der Waals surface area (Å²) in [5.74, 6) is 0. The molecule has 2 fully saturated rings. The van der Waals surface area contributed by atoms with Crippen LogP contribution in [-0.4, -0.2) is 48.0 Å². The van der Waals surface area contributed by atoms with Crippen LogP contribution in [-0.2, 0) is 11.2 Å². The van der Waals surface area contributed by atoms with Gasteiger partial charge >= 0.3 is 0 Å². The third-order valence-electron chi connectivity index (χ3n) is 4.90. The van der Waals surface area contributed by atoms with Crippen molar-refractivity contribution >= 4 is 0 Å². The summed E-state index contributed by atoms with van der Waals surface area (Å²) in [7, 11) is 0. The molecule has 1 aromatic carbocycles. The SMILES string of the molecule is OC1CCN(C2CCCCC2OCCc2ccccc2)C1. The molecule has 0 bridgehead atoms. The number of β-amino-alcohol motifs (C(OH)–C–C–N with tert-alkyl or cyclic N) is 1. The first-order chi connectivity index (χ1) is 10.3. The number of hydrogen-bond acceptors (Lipinski definition) is 3. The molecule has 3 rings (SSSR count). The first-order valence-corrected chi connectivity index (χ1v) is 8.40. The van der Waals surface area contributed by atoms with Gasteiger partial charge in [0.25, 0.3) is 0 Å². The Hall–Kier alpha value is -0.900. The summed E-state index contributed by atoms with van der Waals surface area (Å²) >= 11 is 0. The molecule has 1 aromatic rings. The number of rotatable bonds is 5. The Labute approximate surface area is 127 Å². The zero-order chi connectivity index (χ0) is 14.5. The lowest BCUT2D eigenvalue weighted by Gasteiger charge is -2.37. The van der Waals surface area contributed by atoms with Crippen molar-refractivity contribution in [1.82, 2.24) is 4.90 Å². The van der Waals surface area contributed by atoms with Gasteiger partial charge in [-0.3, -0.25) is 4.90 Å². The van der Waals surface area contributed by atoms with E-state index in [4.69, 9.17) is 4.74 Å². The number of likely N-dealkylation sites (tertiary alicyclic amines) is 1. The number of aliphatic hydroxyl groups excluding tert-OH is 1. The zero-order valence-electron chi connectivity index (χ0n) is 12.8. The van der Waals surface area contributed by atoms with Crippen molar-refractivity contribution in [3.8, 4) is 0 Å². The highest BCUT2D eigenvalue weighted by molar-refractivity contribution is 5.14. The van der Waals surface area contributed by atoms with E-state index in [2.05, 4.69) is 35.2 Å². The van der Waals surface area contributed by atoms with E-state index in [1.807, 2.05) is 0 Å². The summed E-state index contributed by atoms with van der Waals surface area (Å²) < 4.78 is 6.22. The Kier molecular flexibility index (Phi) is 5.28. The van der Waals surface area contributed by atoms with E-state index in [0.717, 1.165) is 32.5 Å². The highest BCUT2D eigenvalue weighted by Crippen LogP contribution is 2.28. The maximum absolute atomic E-state index is 9.76. The molecule has 3 unspecified atom stereocenters. The van der Waals surface area contributed by atoms with Crippen LogP contribution in [0.3, 0.4) is 0 Å².